The standard InChI is InChI=1S/C18H16N2O3S/c19-18(21)15-8-4-5-13(9-15)11-24(22)12-16-10-17(23-20-16)14-6-2-1-3-7-14/h1-10H,11-12H2,(H2,19,21)/t24-/m1/s1. The maximum atomic E-state index is 12.3. The van der Waals surface area contributed by atoms with Gasteiger partial charge < -0.3 is 10.3 Å². The number of nitrogens with two attached hydrogens (primary N) is 1. The lowest BCUT2D eigenvalue weighted by molar-refractivity contribution is 0.1000. The second-order valence-corrected chi connectivity index (χ2v) is 6.80. The highest BCUT2D eigenvalue weighted by Gasteiger charge is 2.11. The van der Waals surface area contributed by atoms with E-state index in [4.69, 9.17) is 10.3 Å². The highest BCUT2D eigenvalue weighted by molar-refractivity contribution is 7.83. The van der Waals surface area contributed by atoms with Crippen molar-refractivity contribution in [1.29, 1.82) is 0 Å². The molecule has 3 rings (SSSR count). The summed E-state index contributed by atoms with van der Waals surface area (Å²) >= 11 is 0. The van der Waals surface area contributed by atoms with Crippen molar-refractivity contribution in [3.8, 4) is 11.3 Å². The highest BCUT2D eigenvalue weighted by atomic mass is 32.2. The third-order valence-electron chi connectivity index (χ3n) is 3.47. The predicted molar refractivity (Wildman–Crippen MR) is 92.4 cm³/mol. The van der Waals surface area contributed by atoms with E-state index in [2.05, 4.69) is 5.16 Å². The fourth-order valence-corrected chi connectivity index (χ4v) is 3.45. The Morgan fingerprint density at radius 2 is 1.83 bits per heavy atom. The van der Waals surface area contributed by atoms with E-state index in [1.54, 1.807) is 24.3 Å². The number of nitrogens with zero attached hydrogens (tertiary/aromatic N) is 1. The number of aromatic nitrogens is 1. The maximum absolute atomic E-state index is 12.3. The summed E-state index contributed by atoms with van der Waals surface area (Å²) in [5, 5.41) is 3.98. The van der Waals surface area contributed by atoms with Crippen LogP contribution in [0.1, 0.15) is 21.6 Å². The summed E-state index contributed by atoms with van der Waals surface area (Å²) in [6.07, 6.45) is 0. The van der Waals surface area contributed by atoms with E-state index >= 15 is 0 Å². The van der Waals surface area contributed by atoms with Gasteiger partial charge in [-0.15, -0.1) is 0 Å². The normalized spacial score (nSPS) is 12.0. The molecule has 0 aliphatic carbocycles. The zero-order chi connectivity index (χ0) is 16.9. The van der Waals surface area contributed by atoms with Crippen molar-refractivity contribution in [2.75, 3.05) is 0 Å². The lowest BCUT2D eigenvalue weighted by Crippen LogP contribution is -2.11. The molecule has 3 aromatic rings. The van der Waals surface area contributed by atoms with Crippen molar-refractivity contribution in [3.05, 3.63) is 77.5 Å². The van der Waals surface area contributed by atoms with Gasteiger partial charge in [0.25, 0.3) is 0 Å². The topological polar surface area (TPSA) is 86.2 Å². The molecule has 0 fully saturated rings. The molecular formula is C18H16N2O3S. The van der Waals surface area contributed by atoms with Crippen LogP contribution in [0, 0.1) is 0 Å². The van der Waals surface area contributed by atoms with Crippen LogP contribution in [-0.2, 0) is 22.3 Å². The number of carbonyl (C=O) groups is 1. The molecule has 0 aliphatic heterocycles. The van der Waals surface area contributed by atoms with E-state index in [1.165, 1.54) is 0 Å². The van der Waals surface area contributed by atoms with Gasteiger partial charge in [0.1, 0.15) is 0 Å². The third kappa shape index (κ3) is 3.97. The average molecular weight is 340 g/mol. The molecule has 0 aliphatic rings. The molecule has 0 bridgehead atoms. The van der Waals surface area contributed by atoms with Crippen LogP contribution in [0.15, 0.2) is 65.2 Å². The molecule has 0 saturated heterocycles. The van der Waals surface area contributed by atoms with Crippen LogP contribution >= 0.6 is 0 Å². The number of primary amides is 1. The summed E-state index contributed by atoms with van der Waals surface area (Å²) < 4.78 is 17.6. The SMILES string of the molecule is NC(=O)c1cccc(C[S@@](=O)Cc2cc(-c3ccccc3)on2)c1. The van der Waals surface area contributed by atoms with E-state index < -0.39 is 16.7 Å². The number of benzene rings is 2. The lowest BCUT2D eigenvalue weighted by atomic mass is 10.1. The molecule has 2 N–H and O–H groups in total. The molecule has 0 saturated carbocycles. The van der Waals surface area contributed by atoms with E-state index in [9.17, 15) is 9.00 Å². The van der Waals surface area contributed by atoms with Crippen LogP contribution in [0.2, 0.25) is 0 Å². The number of hydrogen-bond donors (Lipinski definition) is 1. The van der Waals surface area contributed by atoms with Crippen LogP contribution in [0.25, 0.3) is 11.3 Å². The first-order chi connectivity index (χ1) is 11.6. The van der Waals surface area contributed by atoms with Gasteiger partial charge in [0.15, 0.2) is 5.76 Å². The molecule has 1 aromatic heterocycles. The van der Waals surface area contributed by atoms with Crippen LogP contribution in [0.5, 0.6) is 0 Å². The van der Waals surface area contributed by atoms with Gasteiger partial charge in [-0.25, -0.2) is 0 Å². The summed E-state index contributed by atoms with van der Waals surface area (Å²) in [5.41, 5.74) is 8.04. The molecule has 6 heteroatoms. The van der Waals surface area contributed by atoms with Gasteiger partial charge in [0.2, 0.25) is 5.91 Å². The predicted octanol–water partition coefficient (Wildman–Crippen LogP) is 2.89. The molecule has 24 heavy (non-hydrogen) atoms. The second kappa shape index (κ2) is 7.23. The zero-order valence-electron chi connectivity index (χ0n) is 12.8. The number of hydrogen-bond acceptors (Lipinski definition) is 4. The van der Waals surface area contributed by atoms with Crippen molar-refractivity contribution in [3.63, 3.8) is 0 Å². The Kier molecular flexibility index (Phi) is 4.86. The Morgan fingerprint density at radius 1 is 1.04 bits per heavy atom. The monoisotopic (exact) mass is 340 g/mol. The number of rotatable bonds is 6. The van der Waals surface area contributed by atoms with E-state index in [0.29, 0.717) is 22.8 Å². The van der Waals surface area contributed by atoms with Gasteiger partial charge in [-0.2, -0.15) is 0 Å². The van der Waals surface area contributed by atoms with Gasteiger partial charge in [0, 0.05) is 33.7 Å². The Hall–Kier alpha value is -2.73. The average Bonchev–Trinajstić information content (AvgIpc) is 3.04. The summed E-state index contributed by atoms with van der Waals surface area (Å²) in [5.74, 6) is 0.774. The van der Waals surface area contributed by atoms with Crippen LogP contribution < -0.4 is 5.73 Å². The van der Waals surface area contributed by atoms with Gasteiger partial charge in [0.05, 0.1) is 11.4 Å². The van der Waals surface area contributed by atoms with Crippen LogP contribution in [0.4, 0.5) is 0 Å². The summed E-state index contributed by atoms with van der Waals surface area (Å²) in [7, 11) is -1.16. The molecule has 2 aromatic carbocycles. The van der Waals surface area contributed by atoms with Gasteiger partial charge >= 0.3 is 0 Å². The molecule has 1 atom stereocenters. The van der Waals surface area contributed by atoms with Crippen molar-refractivity contribution in [2.24, 2.45) is 5.73 Å². The minimum atomic E-state index is -1.16. The van der Waals surface area contributed by atoms with Gasteiger partial charge in [-0.1, -0.05) is 47.6 Å². The van der Waals surface area contributed by atoms with Crippen LogP contribution in [-0.4, -0.2) is 15.3 Å². The van der Waals surface area contributed by atoms with E-state index in [1.807, 2.05) is 36.4 Å². The molecule has 1 amide bonds. The number of amides is 1. The quantitative estimate of drug-likeness (QED) is 0.747. The van der Waals surface area contributed by atoms with E-state index in [0.717, 1.165) is 11.1 Å². The first kappa shape index (κ1) is 16.1. The molecule has 1 heterocycles. The largest absolute Gasteiger partial charge is 0.366 e. The molecular weight excluding hydrogens is 324 g/mol. The lowest BCUT2D eigenvalue weighted by Gasteiger charge is -2.02. The second-order valence-electron chi connectivity index (χ2n) is 5.34. The molecule has 122 valence electrons. The number of carbonyl (C=O) groups excluding carboxylic acids is 1. The summed E-state index contributed by atoms with van der Waals surface area (Å²) in [4.78, 5) is 11.2. The minimum absolute atomic E-state index is 0.289. The fraction of sp³-hybridized carbons (Fsp3) is 0.111. The molecule has 5 nitrogen and oxygen atoms in total. The minimum Gasteiger partial charge on any atom is -0.366 e. The van der Waals surface area contributed by atoms with Crippen LogP contribution in [0.3, 0.4) is 0 Å². The first-order valence-corrected chi connectivity index (χ1v) is 8.85. The van der Waals surface area contributed by atoms with Crippen molar-refractivity contribution in [2.45, 2.75) is 11.5 Å². The summed E-state index contributed by atoms with van der Waals surface area (Å²) in [6, 6.07) is 18.3. The smallest absolute Gasteiger partial charge is 0.248 e. The fourth-order valence-electron chi connectivity index (χ4n) is 2.33. The Balaban J connectivity index is 1.66. The Bertz CT molecular complexity index is 875. The Labute approximate surface area is 141 Å². The van der Waals surface area contributed by atoms with Gasteiger partial charge in [-0.05, 0) is 17.7 Å². The Morgan fingerprint density at radius 3 is 2.58 bits per heavy atom. The van der Waals surface area contributed by atoms with Crippen molar-refractivity contribution in [1.82, 2.24) is 5.16 Å². The first-order valence-electron chi connectivity index (χ1n) is 7.36. The third-order valence-corrected chi connectivity index (χ3v) is 4.74. The maximum Gasteiger partial charge on any atom is 0.248 e. The highest BCUT2D eigenvalue weighted by Crippen LogP contribution is 2.20. The van der Waals surface area contributed by atoms with Crippen molar-refractivity contribution < 1.29 is 13.5 Å². The zero-order valence-corrected chi connectivity index (χ0v) is 13.7. The molecule has 0 unspecified atom stereocenters. The molecule has 0 radical (unpaired) electrons. The summed E-state index contributed by atoms with van der Waals surface area (Å²) in [6.45, 7) is 0. The van der Waals surface area contributed by atoms with E-state index in [-0.39, 0.29) is 5.75 Å². The molecule has 0 spiro atoms. The van der Waals surface area contributed by atoms with Crippen molar-refractivity contribution >= 4 is 16.7 Å². The van der Waals surface area contributed by atoms with Gasteiger partial charge in [-0.3, -0.25) is 9.00 Å².